The summed E-state index contributed by atoms with van der Waals surface area (Å²) in [6, 6.07) is 8.33. The van der Waals surface area contributed by atoms with E-state index in [4.69, 9.17) is 4.74 Å². The molecule has 0 bridgehead atoms. The molecule has 0 radical (unpaired) electrons. The van der Waals surface area contributed by atoms with Gasteiger partial charge in [0.05, 0.1) is 5.69 Å². The number of aromatic nitrogens is 2. The van der Waals surface area contributed by atoms with Crippen LogP contribution in [0.15, 0.2) is 24.3 Å². The molecule has 0 atom stereocenters. The first-order valence-electron chi connectivity index (χ1n) is 7.99. The summed E-state index contributed by atoms with van der Waals surface area (Å²) in [5.41, 5.74) is 2.26. The van der Waals surface area contributed by atoms with Crippen LogP contribution in [0.2, 0.25) is 0 Å². The van der Waals surface area contributed by atoms with Gasteiger partial charge in [0.25, 0.3) is 0 Å². The third kappa shape index (κ3) is 3.30. The van der Waals surface area contributed by atoms with Crippen LogP contribution >= 0.6 is 0 Å². The van der Waals surface area contributed by atoms with Gasteiger partial charge < -0.3 is 9.64 Å². The zero-order valence-corrected chi connectivity index (χ0v) is 13.8. The maximum Gasteiger partial charge on any atom is 0.169 e. The Morgan fingerprint density at radius 2 is 1.83 bits per heavy atom. The van der Waals surface area contributed by atoms with E-state index >= 15 is 0 Å². The summed E-state index contributed by atoms with van der Waals surface area (Å²) >= 11 is 0. The molecule has 0 aliphatic carbocycles. The highest BCUT2D eigenvalue weighted by atomic mass is 19.1. The van der Waals surface area contributed by atoms with Gasteiger partial charge in [-0.1, -0.05) is 0 Å². The van der Waals surface area contributed by atoms with Crippen LogP contribution in [-0.4, -0.2) is 29.4 Å². The third-order valence-corrected chi connectivity index (χ3v) is 4.41. The Morgan fingerprint density at radius 1 is 1.17 bits per heavy atom. The van der Waals surface area contributed by atoms with E-state index in [1.807, 2.05) is 13.8 Å². The SMILES string of the molecule is Cc1nnc(N2CCC(Oc3ccc(F)cc3)CC2)c(C#N)c1C. The molecule has 0 saturated carbocycles. The van der Waals surface area contributed by atoms with Crippen molar-refractivity contribution in [1.29, 1.82) is 5.26 Å². The molecule has 6 heteroatoms. The van der Waals surface area contributed by atoms with Gasteiger partial charge in [-0.15, -0.1) is 5.10 Å². The Balaban J connectivity index is 1.66. The fraction of sp³-hybridized carbons (Fsp3) is 0.389. The van der Waals surface area contributed by atoms with Crippen LogP contribution in [0.3, 0.4) is 0 Å². The van der Waals surface area contributed by atoms with Gasteiger partial charge in [0, 0.05) is 25.9 Å². The summed E-state index contributed by atoms with van der Waals surface area (Å²) < 4.78 is 18.8. The molecule has 1 aromatic heterocycles. The molecule has 5 nitrogen and oxygen atoms in total. The Kier molecular flexibility index (Phi) is 4.61. The first-order valence-corrected chi connectivity index (χ1v) is 7.99. The minimum Gasteiger partial charge on any atom is -0.490 e. The minimum atomic E-state index is -0.269. The molecule has 1 fully saturated rings. The van der Waals surface area contributed by atoms with E-state index in [1.54, 1.807) is 12.1 Å². The zero-order valence-electron chi connectivity index (χ0n) is 13.8. The number of benzene rings is 1. The van der Waals surface area contributed by atoms with Crippen molar-refractivity contribution in [2.24, 2.45) is 0 Å². The highest BCUT2D eigenvalue weighted by molar-refractivity contribution is 5.57. The molecule has 1 aliphatic rings. The van der Waals surface area contributed by atoms with Crippen molar-refractivity contribution in [3.63, 3.8) is 0 Å². The van der Waals surface area contributed by atoms with Crippen LogP contribution in [0.5, 0.6) is 5.75 Å². The fourth-order valence-corrected chi connectivity index (χ4v) is 2.84. The zero-order chi connectivity index (χ0) is 17.1. The van der Waals surface area contributed by atoms with Gasteiger partial charge in [0.15, 0.2) is 5.82 Å². The Morgan fingerprint density at radius 3 is 2.46 bits per heavy atom. The number of ether oxygens (including phenoxy) is 1. The van der Waals surface area contributed by atoms with E-state index < -0.39 is 0 Å². The van der Waals surface area contributed by atoms with Crippen molar-refractivity contribution < 1.29 is 9.13 Å². The second-order valence-corrected chi connectivity index (χ2v) is 5.98. The normalized spacial score (nSPS) is 15.2. The number of hydrogen-bond donors (Lipinski definition) is 0. The molecule has 0 N–H and O–H groups in total. The van der Waals surface area contributed by atoms with Crippen LogP contribution in [0, 0.1) is 31.0 Å². The van der Waals surface area contributed by atoms with Crippen LogP contribution < -0.4 is 9.64 Å². The van der Waals surface area contributed by atoms with Gasteiger partial charge in [-0.25, -0.2) is 4.39 Å². The maximum absolute atomic E-state index is 12.9. The molecule has 1 saturated heterocycles. The first-order chi connectivity index (χ1) is 11.6. The first kappa shape index (κ1) is 16.2. The van der Waals surface area contributed by atoms with Gasteiger partial charge in [-0.3, -0.25) is 0 Å². The average Bonchev–Trinajstić information content (AvgIpc) is 2.60. The van der Waals surface area contributed by atoms with Crippen molar-refractivity contribution in [2.75, 3.05) is 18.0 Å². The van der Waals surface area contributed by atoms with Gasteiger partial charge in [0.2, 0.25) is 0 Å². The quantitative estimate of drug-likeness (QED) is 0.867. The van der Waals surface area contributed by atoms with Gasteiger partial charge >= 0.3 is 0 Å². The molecule has 1 aromatic carbocycles. The largest absolute Gasteiger partial charge is 0.490 e. The van der Waals surface area contributed by atoms with Crippen LogP contribution in [0.1, 0.15) is 29.7 Å². The lowest BCUT2D eigenvalue weighted by molar-refractivity contribution is 0.170. The molecular formula is C18H19FN4O. The second-order valence-electron chi connectivity index (χ2n) is 5.98. The maximum atomic E-state index is 12.9. The van der Waals surface area contributed by atoms with Crippen LogP contribution in [0.25, 0.3) is 0 Å². The highest BCUT2D eigenvalue weighted by Crippen LogP contribution is 2.26. The van der Waals surface area contributed by atoms with E-state index in [0.717, 1.165) is 37.2 Å². The van der Waals surface area contributed by atoms with Gasteiger partial charge in [0.1, 0.15) is 29.3 Å². The van der Waals surface area contributed by atoms with E-state index in [-0.39, 0.29) is 11.9 Å². The molecule has 2 aromatic rings. The van der Waals surface area contributed by atoms with Gasteiger partial charge in [-0.05, 0) is 43.7 Å². The molecule has 124 valence electrons. The van der Waals surface area contributed by atoms with E-state index in [0.29, 0.717) is 17.1 Å². The van der Waals surface area contributed by atoms with Crippen molar-refractivity contribution in [3.05, 3.63) is 46.9 Å². The molecule has 0 unspecified atom stereocenters. The summed E-state index contributed by atoms with van der Waals surface area (Å²) in [5, 5.41) is 17.8. The van der Waals surface area contributed by atoms with E-state index in [2.05, 4.69) is 21.2 Å². The smallest absolute Gasteiger partial charge is 0.169 e. The summed E-state index contributed by atoms with van der Waals surface area (Å²) in [7, 11) is 0. The molecule has 0 amide bonds. The van der Waals surface area contributed by atoms with Crippen molar-refractivity contribution in [1.82, 2.24) is 10.2 Å². The Hall–Kier alpha value is -2.68. The minimum absolute atomic E-state index is 0.0803. The number of halogens is 1. The van der Waals surface area contributed by atoms with Crippen molar-refractivity contribution >= 4 is 5.82 Å². The highest BCUT2D eigenvalue weighted by Gasteiger charge is 2.24. The third-order valence-electron chi connectivity index (χ3n) is 4.41. The number of hydrogen-bond acceptors (Lipinski definition) is 5. The predicted octanol–water partition coefficient (Wildman–Crippen LogP) is 3.15. The molecule has 2 heterocycles. The topological polar surface area (TPSA) is 62.0 Å². The second kappa shape index (κ2) is 6.83. The van der Waals surface area contributed by atoms with E-state index in [1.165, 1.54) is 12.1 Å². The molecular weight excluding hydrogens is 307 g/mol. The fourth-order valence-electron chi connectivity index (χ4n) is 2.84. The lowest BCUT2D eigenvalue weighted by Gasteiger charge is -2.33. The average molecular weight is 326 g/mol. The number of nitriles is 1. The lowest BCUT2D eigenvalue weighted by atomic mass is 10.1. The number of rotatable bonds is 3. The standard InChI is InChI=1S/C18H19FN4O/c1-12-13(2)21-22-18(17(12)11-20)23-9-7-16(8-10-23)24-15-5-3-14(19)4-6-15/h3-6,16H,7-10H2,1-2H3. The van der Waals surface area contributed by atoms with Crippen molar-refractivity contribution in [2.45, 2.75) is 32.8 Å². The summed E-state index contributed by atoms with van der Waals surface area (Å²) in [6.07, 6.45) is 1.71. The summed E-state index contributed by atoms with van der Waals surface area (Å²) in [4.78, 5) is 2.09. The lowest BCUT2D eigenvalue weighted by Crippen LogP contribution is -2.39. The summed E-state index contributed by atoms with van der Waals surface area (Å²) in [6.45, 7) is 5.25. The monoisotopic (exact) mass is 326 g/mol. The molecule has 24 heavy (non-hydrogen) atoms. The number of aryl methyl sites for hydroxylation is 1. The number of nitrogens with zero attached hydrogens (tertiary/aromatic N) is 4. The molecule has 3 rings (SSSR count). The van der Waals surface area contributed by atoms with Gasteiger partial charge in [-0.2, -0.15) is 10.4 Å². The van der Waals surface area contributed by atoms with E-state index in [9.17, 15) is 9.65 Å². The molecule has 0 spiro atoms. The number of anilines is 1. The number of piperidine rings is 1. The van der Waals surface area contributed by atoms with Crippen molar-refractivity contribution in [3.8, 4) is 11.8 Å². The molecule has 1 aliphatic heterocycles. The summed E-state index contributed by atoms with van der Waals surface area (Å²) in [5.74, 6) is 1.06. The van der Waals surface area contributed by atoms with Crippen LogP contribution in [0.4, 0.5) is 10.2 Å². The Bertz CT molecular complexity index is 762. The van der Waals surface area contributed by atoms with Crippen LogP contribution in [-0.2, 0) is 0 Å². The predicted molar refractivity (Wildman–Crippen MR) is 88.5 cm³/mol. The Labute approximate surface area is 140 Å².